The van der Waals surface area contributed by atoms with Gasteiger partial charge in [0.15, 0.2) is 0 Å². The van der Waals surface area contributed by atoms with Crippen LogP contribution in [0, 0.1) is 0 Å². The van der Waals surface area contributed by atoms with E-state index in [1.165, 1.54) is 0 Å². The summed E-state index contributed by atoms with van der Waals surface area (Å²) < 4.78 is 6.23. The molecule has 0 saturated heterocycles. The number of nitrogens with one attached hydrogen (secondary N) is 1. The molecule has 0 fully saturated rings. The molecule has 0 radical (unpaired) electrons. The van der Waals surface area contributed by atoms with Crippen LogP contribution >= 0.6 is 15.9 Å². The molecule has 0 aliphatic carbocycles. The summed E-state index contributed by atoms with van der Waals surface area (Å²) in [6.07, 6.45) is 0. The lowest BCUT2D eigenvalue weighted by Gasteiger charge is -2.26. The highest BCUT2D eigenvalue weighted by Crippen LogP contribution is 2.27. The van der Waals surface area contributed by atoms with Gasteiger partial charge in [-0.15, -0.1) is 0 Å². The zero-order valence-corrected chi connectivity index (χ0v) is 15.1. The standard InChI is InChI=1S/C18H21BrN2O2/c1-21(2)16(14-9-5-7-11-17(14)23-3)12-20-18(22)13-8-4-6-10-15(13)19/h4-11,16H,12H2,1-3H3,(H,20,22)/t16-/m1/s1. The molecule has 2 aromatic carbocycles. The van der Waals surface area contributed by atoms with Crippen LogP contribution in [0.25, 0.3) is 0 Å². The number of hydrogen-bond acceptors (Lipinski definition) is 3. The molecule has 1 N–H and O–H groups in total. The Morgan fingerprint density at radius 2 is 1.83 bits per heavy atom. The van der Waals surface area contributed by atoms with E-state index in [-0.39, 0.29) is 11.9 Å². The van der Waals surface area contributed by atoms with Crippen LogP contribution in [0.1, 0.15) is 22.0 Å². The summed E-state index contributed by atoms with van der Waals surface area (Å²) in [4.78, 5) is 14.5. The first kappa shape index (κ1) is 17.5. The highest BCUT2D eigenvalue weighted by atomic mass is 79.9. The molecule has 0 aliphatic heterocycles. The Bertz CT molecular complexity index is 674. The number of halogens is 1. The number of methoxy groups -OCH3 is 1. The molecule has 5 heteroatoms. The van der Waals surface area contributed by atoms with Gasteiger partial charge in [-0.25, -0.2) is 0 Å². The van der Waals surface area contributed by atoms with E-state index in [0.717, 1.165) is 15.8 Å². The average molecular weight is 377 g/mol. The largest absolute Gasteiger partial charge is 0.496 e. The molecule has 2 rings (SSSR count). The van der Waals surface area contributed by atoms with Gasteiger partial charge in [0.25, 0.3) is 5.91 Å². The lowest BCUT2D eigenvalue weighted by Crippen LogP contribution is -2.34. The van der Waals surface area contributed by atoms with Gasteiger partial charge in [-0.3, -0.25) is 4.79 Å². The first-order chi connectivity index (χ1) is 11.0. The molecule has 0 aromatic heterocycles. The molecule has 122 valence electrons. The number of rotatable bonds is 6. The molecule has 1 amide bonds. The Labute approximate surface area is 145 Å². The van der Waals surface area contributed by atoms with Crippen molar-refractivity contribution in [2.75, 3.05) is 27.7 Å². The van der Waals surface area contributed by atoms with Crippen molar-refractivity contribution in [2.45, 2.75) is 6.04 Å². The van der Waals surface area contributed by atoms with Gasteiger partial charge >= 0.3 is 0 Å². The van der Waals surface area contributed by atoms with Crippen molar-refractivity contribution in [3.63, 3.8) is 0 Å². The third-order valence-corrected chi connectivity index (χ3v) is 4.39. The van der Waals surface area contributed by atoms with E-state index in [1.54, 1.807) is 13.2 Å². The van der Waals surface area contributed by atoms with E-state index < -0.39 is 0 Å². The van der Waals surface area contributed by atoms with E-state index in [9.17, 15) is 4.79 Å². The molecule has 23 heavy (non-hydrogen) atoms. The van der Waals surface area contributed by atoms with Crippen LogP contribution < -0.4 is 10.1 Å². The van der Waals surface area contributed by atoms with E-state index in [4.69, 9.17) is 4.74 Å². The smallest absolute Gasteiger partial charge is 0.252 e. The van der Waals surface area contributed by atoms with E-state index >= 15 is 0 Å². The number of benzene rings is 2. The number of likely N-dealkylation sites (N-methyl/N-ethyl adjacent to an activating group) is 1. The summed E-state index contributed by atoms with van der Waals surface area (Å²) in [6.45, 7) is 0.494. The Morgan fingerprint density at radius 1 is 1.17 bits per heavy atom. The third kappa shape index (κ3) is 4.33. The SMILES string of the molecule is COc1ccccc1[C@@H](CNC(=O)c1ccccc1Br)N(C)C. The number of hydrogen-bond donors (Lipinski definition) is 1. The minimum Gasteiger partial charge on any atom is -0.496 e. The van der Waals surface area contributed by atoms with Crippen LogP contribution in [0.4, 0.5) is 0 Å². The second-order valence-corrected chi connectivity index (χ2v) is 6.27. The molecule has 2 aromatic rings. The Kier molecular flexibility index (Phi) is 6.19. The predicted octanol–water partition coefficient (Wildman–Crippen LogP) is 3.49. The molecule has 0 aliphatic rings. The van der Waals surface area contributed by atoms with Crippen molar-refractivity contribution in [2.24, 2.45) is 0 Å². The number of para-hydroxylation sites is 1. The van der Waals surface area contributed by atoms with Crippen LogP contribution in [-0.4, -0.2) is 38.6 Å². The maximum absolute atomic E-state index is 12.4. The molecule has 4 nitrogen and oxygen atoms in total. The second kappa shape index (κ2) is 8.13. The maximum Gasteiger partial charge on any atom is 0.252 e. The van der Waals surface area contributed by atoms with Crippen molar-refractivity contribution in [3.05, 3.63) is 64.1 Å². The minimum absolute atomic E-state index is 0.0255. The fourth-order valence-electron chi connectivity index (χ4n) is 2.44. The molecule has 1 atom stereocenters. The molecular weight excluding hydrogens is 356 g/mol. The fourth-order valence-corrected chi connectivity index (χ4v) is 2.91. The fraction of sp³-hybridized carbons (Fsp3) is 0.278. The average Bonchev–Trinajstić information content (AvgIpc) is 2.55. The Morgan fingerprint density at radius 3 is 2.48 bits per heavy atom. The number of carbonyl (C=O) groups excluding carboxylic acids is 1. The normalized spacial score (nSPS) is 12.0. The first-order valence-corrected chi connectivity index (χ1v) is 8.16. The van der Waals surface area contributed by atoms with Crippen LogP contribution in [-0.2, 0) is 0 Å². The molecule has 0 heterocycles. The summed E-state index contributed by atoms with van der Waals surface area (Å²) in [5.74, 6) is 0.723. The quantitative estimate of drug-likeness (QED) is 0.838. The highest BCUT2D eigenvalue weighted by molar-refractivity contribution is 9.10. The Balaban J connectivity index is 2.15. The van der Waals surface area contributed by atoms with Gasteiger partial charge < -0.3 is 15.0 Å². The van der Waals surface area contributed by atoms with Crippen molar-refractivity contribution < 1.29 is 9.53 Å². The first-order valence-electron chi connectivity index (χ1n) is 7.36. The summed E-state index contributed by atoms with van der Waals surface area (Å²) in [5, 5.41) is 3.00. The number of carbonyl (C=O) groups is 1. The van der Waals surface area contributed by atoms with Gasteiger partial charge in [0.05, 0.1) is 18.7 Å². The van der Waals surface area contributed by atoms with Gasteiger partial charge in [0, 0.05) is 16.6 Å². The van der Waals surface area contributed by atoms with Gasteiger partial charge in [-0.2, -0.15) is 0 Å². The molecule has 0 spiro atoms. The van der Waals surface area contributed by atoms with Gasteiger partial charge in [-0.1, -0.05) is 30.3 Å². The Hall–Kier alpha value is -1.85. The van der Waals surface area contributed by atoms with Gasteiger partial charge in [0.2, 0.25) is 0 Å². The van der Waals surface area contributed by atoms with E-state index in [2.05, 4.69) is 26.1 Å². The summed E-state index contributed by atoms with van der Waals surface area (Å²) in [5.41, 5.74) is 1.68. The third-order valence-electron chi connectivity index (χ3n) is 3.70. The van der Waals surface area contributed by atoms with Crippen molar-refractivity contribution in [3.8, 4) is 5.75 Å². The summed E-state index contributed by atoms with van der Waals surface area (Å²) in [6, 6.07) is 15.3. The lowest BCUT2D eigenvalue weighted by molar-refractivity contribution is 0.0940. The van der Waals surface area contributed by atoms with Crippen molar-refractivity contribution >= 4 is 21.8 Å². The lowest BCUT2D eigenvalue weighted by atomic mass is 10.0. The molecule has 0 unspecified atom stereocenters. The second-order valence-electron chi connectivity index (χ2n) is 5.41. The minimum atomic E-state index is -0.0979. The number of amides is 1. The molecule has 0 bridgehead atoms. The van der Waals surface area contributed by atoms with E-state index in [1.807, 2.05) is 56.6 Å². The topological polar surface area (TPSA) is 41.6 Å². The number of nitrogens with zero attached hydrogens (tertiary/aromatic N) is 1. The van der Waals surface area contributed by atoms with Crippen LogP contribution in [0.3, 0.4) is 0 Å². The number of ether oxygens (including phenoxy) is 1. The van der Waals surface area contributed by atoms with Crippen LogP contribution in [0.5, 0.6) is 5.75 Å². The predicted molar refractivity (Wildman–Crippen MR) is 95.9 cm³/mol. The van der Waals surface area contributed by atoms with Crippen LogP contribution in [0.2, 0.25) is 0 Å². The van der Waals surface area contributed by atoms with Gasteiger partial charge in [0.1, 0.15) is 5.75 Å². The monoisotopic (exact) mass is 376 g/mol. The summed E-state index contributed by atoms with van der Waals surface area (Å²) >= 11 is 3.41. The molecule has 0 saturated carbocycles. The van der Waals surface area contributed by atoms with Crippen molar-refractivity contribution in [1.29, 1.82) is 0 Å². The van der Waals surface area contributed by atoms with Gasteiger partial charge in [-0.05, 0) is 48.2 Å². The van der Waals surface area contributed by atoms with Crippen LogP contribution in [0.15, 0.2) is 53.0 Å². The maximum atomic E-state index is 12.4. The molecular formula is C18H21BrN2O2. The highest BCUT2D eigenvalue weighted by Gasteiger charge is 2.19. The van der Waals surface area contributed by atoms with Crippen molar-refractivity contribution in [1.82, 2.24) is 10.2 Å². The van der Waals surface area contributed by atoms with E-state index in [0.29, 0.717) is 12.1 Å². The zero-order valence-electron chi connectivity index (χ0n) is 13.5. The zero-order chi connectivity index (χ0) is 16.8. The summed E-state index contributed by atoms with van der Waals surface area (Å²) in [7, 11) is 5.63.